The van der Waals surface area contributed by atoms with E-state index in [4.69, 9.17) is 21.8 Å². The molecule has 0 fully saturated rings. The van der Waals surface area contributed by atoms with Gasteiger partial charge in [-0.2, -0.15) is 0 Å². The van der Waals surface area contributed by atoms with Crippen LogP contribution in [0.1, 0.15) is 5.56 Å². The van der Waals surface area contributed by atoms with Crippen LogP contribution in [0.25, 0.3) is 0 Å². The van der Waals surface area contributed by atoms with Gasteiger partial charge in [-0.05, 0) is 6.07 Å². The van der Waals surface area contributed by atoms with Gasteiger partial charge in [0.05, 0.1) is 24.3 Å². The van der Waals surface area contributed by atoms with Crippen molar-refractivity contribution in [3.05, 3.63) is 29.3 Å². The Hall–Kier alpha value is -0.910. The van der Waals surface area contributed by atoms with Gasteiger partial charge in [0.15, 0.2) is 11.6 Å². The molecule has 0 aliphatic rings. The predicted molar refractivity (Wildman–Crippen MR) is 57.5 cm³/mol. The van der Waals surface area contributed by atoms with Crippen molar-refractivity contribution < 1.29 is 19.0 Å². The molecule has 0 amide bonds. The largest absolute Gasteiger partial charge is 0.392 e. The van der Waals surface area contributed by atoms with Gasteiger partial charge >= 0.3 is 0 Å². The fourth-order valence-electron chi connectivity index (χ4n) is 1.19. The summed E-state index contributed by atoms with van der Waals surface area (Å²) >= 11 is 5.36. The summed E-state index contributed by atoms with van der Waals surface area (Å²) in [6, 6.07) is 2.21. The second kappa shape index (κ2) is 5.98. The zero-order valence-corrected chi connectivity index (χ0v) is 9.14. The van der Waals surface area contributed by atoms with E-state index >= 15 is 0 Å². The third kappa shape index (κ3) is 3.04. The molecule has 16 heavy (non-hydrogen) atoms. The van der Waals surface area contributed by atoms with Crippen LogP contribution in [0.15, 0.2) is 12.1 Å². The van der Waals surface area contributed by atoms with Crippen molar-refractivity contribution in [1.29, 1.82) is 0 Å². The Morgan fingerprint density at radius 3 is 2.62 bits per heavy atom. The fourth-order valence-corrected chi connectivity index (χ4v) is 1.30. The number of benzene rings is 1. The van der Waals surface area contributed by atoms with Crippen LogP contribution in [-0.4, -0.2) is 28.7 Å². The summed E-state index contributed by atoms with van der Waals surface area (Å²) in [6.07, 6.45) is -0.865. The molecule has 0 saturated heterocycles. The number of hydrogen-bond acceptors (Lipinski definition) is 3. The topological polar surface area (TPSA) is 52.5 Å². The van der Waals surface area contributed by atoms with Crippen molar-refractivity contribution >= 4 is 17.3 Å². The van der Waals surface area contributed by atoms with Crippen LogP contribution in [0.3, 0.4) is 0 Å². The summed E-state index contributed by atoms with van der Waals surface area (Å²) in [5.74, 6) is -2.10. The maximum atomic E-state index is 13.3. The first-order chi connectivity index (χ1) is 7.60. The van der Waals surface area contributed by atoms with Crippen LogP contribution >= 0.6 is 11.6 Å². The molecule has 0 radical (unpaired) electrons. The number of rotatable bonds is 5. The van der Waals surface area contributed by atoms with Crippen LogP contribution in [0, 0.1) is 11.6 Å². The summed E-state index contributed by atoms with van der Waals surface area (Å²) in [5.41, 5.74) is 0.0762. The third-order valence-corrected chi connectivity index (χ3v) is 2.40. The van der Waals surface area contributed by atoms with Crippen molar-refractivity contribution in [2.24, 2.45) is 0 Å². The predicted octanol–water partition coefficient (Wildman–Crippen LogP) is 1.47. The molecule has 0 aliphatic heterocycles. The van der Waals surface area contributed by atoms with Crippen molar-refractivity contribution in [3.8, 4) is 0 Å². The molecule has 0 aromatic heterocycles. The lowest BCUT2D eigenvalue weighted by Crippen LogP contribution is -2.22. The Balaban J connectivity index is 2.88. The second-order valence-electron chi connectivity index (χ2n) is 3.24. The second-order valence-corrected chi connectivity index (χ2v) is 3.55. The average molecular weight is 252 g/mol. The molecule has 1 rings (SSSR count). The number of aliphatic hydroxyl groups excluding tert-OH is 2. The zero-order chi connectivity index (χ0) is 12.1. The molecule has 1 atom stereocenters. The zero-order valence-electron chi connectivity index (χ0n) is 8.38. The molecule has 6 heteroatoms. The molecule has 3 nitrogen and oxygen atoms in total. The third-order valence-electron chi connectivity index (χ3n) is 2.04. The SMILES string of the molecule is OCc1ccc(F)c(F)c1NCC(O)CCl. The van der Waals surface area contributed by atoms with Crippen molar-refractivity contribution in [2.45, 2.75) is 12.7 Å². The summed E-state index contributed by atoms with van der Waals surface area (Å²) in [5, 5.41) is 20.6. The van der Waals surface area contributed by atoms with Crippen molar-refractivity contribution in [2.75, 3.05) is 17.7 Å². The van der Waals surface area contributed by atoms with Gasteiger partial charge < -0.3 is 15.5 Å². The van der Waals surface area contributed by atoms with Crippen LogP contribution in [0.2, 0.25) is 0 Å². The number of alkyl halides is 1. The molecule has 0 heterocycles. The van der Waals surface area contributed by atoms with E-state index in [1.165, 1.54) is 6.07 Å². The monoisotopic (exact) mass is 251 g/mol. The molecular weight excluding hydrogens is 240 g/mol. The normalized spacial score (nSPS) is 12.6. The first-order valence-corrected chi connectivity index (χ1v) is 5.19. The smallest absolute Gasteiger partial charge is 0.182 e. The molecule has 0 aliphatic carbocycles. The Morgan fingerprint density at radius 1 is 1.38 bits per heavy atom. The van der Waals surface area contributed by atoms with Gasteiger partial charge in [-0.1, -0.05) is 6.07 Å². The number of halogens is 3. The summed E-state index contributed by atoms with van der Waals surface area (Å²) in [6.45, 7) is -0.437. The van der Waals surface area contributed by atoms with Gasteiger partial charge in [0.25, 0.3) is 0 Å². The van der Waals surface area contributed by atoms with E-state index in [1.54, 1.807) is 0 Å². The standard InChI is InChI=1S/C10H12ClF2NO2/c11-3-7(16)4-14-10-6(5-15)1-2-8(12)9(10)13/h1-2,7,14-16H,3-5H2. The average Bonchev–Trinajstić information content (AvgIpc) is 2.30. The lowest BCUT2D eigenvalue weighted by atomic mass is 10.1. The van der Waals surface area contributed by atoms with E-state index in [2.05, 4.69) is 5.32 Å². The minimum atomic E-state index is -1.08. The Labute approximate surface area is 96.7 Å². The Morgan fingerprint density at radius 2 is 2.06 bits per heavy atom. The molecule has 0 spiro atoms. The first-order valence-electron chi connectivity index (χ1n) is 4.65. The quantitative estimate of drug-likeness (QED) is 0.695. The van der Waals surface area contributed by atoms with Gasteiger partial charge in [-0.15, -0.1) is 11.6 Å². The van der Waals surface area contributed by atoms with E-state index < -0.39 is 24.3 Å². The molecule has 3 N–H and O–H groups in total. The molecule has 90 valence electrons. The lowest BCUT2D eigenvalue weighted by Gasteiger charge is -2.14. The minimum Gasteiger partial charge on any atom is -0.392 e. The molecule has 1 unspecified atom stereocenters. The number of anilines is 1. The highest BCUT2D eigenvalue weighted by molar-refractivity contribution is 6.18. The van der Waals surface area contributed by atoms with E-state index in [0.717, 1.165) is 6.07 Å². The lowest BCUT2D eigenvalue weighted by molar-refractivity contribution is 0.211. The number of hydrogen-bond donors (Lipinski definition) is 3. The van der Waals surface area contributed by atoms with Crippen molar-refractivity contribution in [3.63, 3.8) is 0 Å². The fraction of sp³-hybridized carbons (Fsp3) is 0.400. The minimum absolute atomic E-state index is 0.0155. The van der Waals surface area contributed by atoms with E-state index in [1.807, 2.05) is 0 Å². The highest BCUT2D eigenvalue weighted by atomic mass is 35.5. The number of aliphatic hydroxyl groups is 2. The van der Waals surface area contributed by atoms with Crippen LogP contribution in [0.5, 0.6) is 0 Å². The van der Waals surface area contributed by atoms with Crippen molar-refractivity contribution in [1.82, 2.24) is 0 Å². The maximum absolute atomic E-state index is 13.3. The van der Waals surface area contributed by atoms with E-state index in [-0.39, 0.29) is 23.7 Å². The van der Waals surface area contributed by atoms with Crippen LogP contribution < -0.4 is 5.32 Å². The van der Waals surface area contributed by atoms with E-state index in [9.17, 15) is 8.78 Å². The first kappa shape index (κ1) is 13.2. The number of nitrogens with one attached hydrogen (secondary N) is 1. The molecule has 1 aromatic rings. The Kier molecular flexibility index (Phi) is 4.92. The highest BCUT2D eigenvalue weighted by Crippen LogP contribution is 2.22. The molecule has 0 saturated carbocycles. The molecule has 1 aromatic carbocycles. The molecular formula is C10H12ClF2NO2. The summed E-state index contributed by atoms with van der Waals surface area (Å²) in [4.78, 5) is 0. The maximum Gasteiger partial charge on any atom is 0.182 e. The molecule has 0 bridgehead atoms. The van der Waals surface area contributed by atoms with E-state index in [0.29, 0.717) is 0 Å². The van der Waals surface area contributed by atoms with Gasteiger partial charge in [-0.25, -0.2) is 8.78 Å². The van der Waals surface area contributed by atoms with Gasteiger partial charge in [0.2, 0.25) is 0 Å². The van der Waals surface area contributed by atoms with Crippen LogP contribution in [0.4, 0.5) is 14.5 Å². The van der Waals surface area contributed by atoms with Gasteiger partial charge in [0.1, 0.15) is 0 Å². The summed E-state index contributed by atoms with van der Waals surface area (Å²) in [7, 11) is 0. The highest BCUT2D eigenvalue weighted by Gasteiger charge is 2.13. The van der Waals surface area contributed by atoms with Crippen LogP contribution in [-0.2, 0) is 6.61 Å². The van der Waals surface area contributed by atoms with Gasteiger partial charge in [-0.3, -0.25) is 0 Å². The summed E-state index contributed by atoms with van der Waals surface area (Å²) < 4.78 is 26.3. The van der Waals surface area contributed by atoms with Gasteiger partial charge in [0, 0.05) is 12.1 Å². The Bertz CT molecular complexity index is 363.